The fourth-order valence-electron chi connectivity index (χ4n) is 2.76. The molecule has 1 fully saturated rings. The van der Waals surface area contributed by atoms with Gasteiger partial charge in [0.2, 0.25) is 0 Å². The minimum atomic E-state index is -0.438. The van der Waals surface area contributed by atoms with Crippen LogP contribution in [0.4, 0.5) is 5.69 Å². The van der Waals surface area contributed by atoms with E-state index in [4.69, 9.17) is 17.3 Å². The van der Waals surface area contributed by atoms with Crippen molar-refractivity contribution in [3.8, 4) is 0 Å². The molecule has 1 aliphatic heterocycles. The standard InChI is InChI=1S/C14H20ClN3O2/c1-2-11-9-17(6-5-13(11)16)8-10-3-4-12(15)14(7-10)18(19)20/h3-4,7,11,13H,2,5-6,8-9,16H2,1H3. The predicted octanol–water partition coefficient (Wildman–Crippen LogP) is 2.81. The molecule has 0 radical (unpaired) electrons. The van der Waals surface area contributed by atoms with Crippen molar-refractivity contribution < 1.29 is 4.92 Å². The van der Waals surface area contributed by atoms with Crippen molar-refractivity contribution in [3.63, 3.8) is 0 Å². The fraction of sp³-hybridized carbons (Fsp3) is 0.571. The zero-order valence-corrected chi connectivity index (χ0v) is 12.3. The molecule has 0 bridgehead atoms. The van der Waals surface area contributed by atoms with Gasteiger partial charge in [0, 0.05) is 25.2 Å². The first-order valence-electron chi connectivity index (χ1n) is 6.92. The maximum atomic E-state index is 10.9. The third-order valence-electron chi connectivity index (χ3n) is 4.01. The summed E-state index contributed by atoms with van der Waals surface area (Å²) in [5.74, 6) is 0.506. The van der Waals surface area contributed by atoms with E-state index in [2.05, 4.69) is 11.8 Å². The van der Waals surface area contributed by atoms with E-state index in [9.17, 15) is 10.1 Å². The van der Waals surface area contributed by atoms with Gasteiger partial charge in [0.05, 0.1) is 4.92 Å². The predicted molar refractivity (Wildman–Crippen MR) is 79.8 cm³/mol. The molecule has 0 saturated carbocycles. The van der Waals surface area contributed by atoms with Gasteiger partial charge in [-0.2, -0.15) is 0 Å². The van der Waals surface area contributed by atoms with E-state index < -0.39 is 4.92 Å². The molecule has 0 aliphatic carbocycles. The number of hydrogen-bond acceptors (Lipinski definition) is 4. The lowest BCUT2D eigenvalue weighted by Crippen LogP contribution is -2.46. The van der Waals surface area contributed by atoms with Crippen molar-refractivity contribution in [2.75, 3.05) is 13.1 Å². The van der Waals surface area contributed by atoms with Crippen LogP contribution in [0.1, 0.15) is 25.3 Å². The molecule has 6 heteroatoms. The number of piperidine rings is 1. The Labute approximate surface area is 123 Å². The molecule has 2 unspecified atom stereocenters. The summed E-state index contributed by atoms with van der Waals surface area (Å²) in [6, 6.07) is 5.29. The number of nitro benzene ring substituents is 1. The highest BCUT2D eigenvalue weighted by Crippen LogP contribution is 2.27. The monoisotopic (exact) mass is 297 g/mol. The van der Waals surface area contributed by atoms with Crippen LogP contribution >= 0.6 is 11.6 Å². The summed E-state index contributed by atoms with van der Waals surface area (Å²) in [6.07, 6.45) is 2.05. The zero-order valence-electron chi connectivity index (χ0n) is 11.6. The van der Waals surface area contributed by atoms with Crippen LogP contribution in [0.15, 0.2) is 18.2 Å². The van der Waals surface area contributed by atoms with E-state index in [0.29, 0.717) is 12.5 Å². The number of benzene rings is 1. The van der Waals surface area contributed by atoms with Gasteiger partial charge >= 0.3 is 0 Å². The normalized spacial score (nSPS) is 23.8. The number of rotatable bonds is 4. The third-order valence-corrected chi connectivity index (χ3v) is 4.33. The van der Waals surface area contributed by atoms with Gasteiger partial charge in [-0.15, -0.1) is 0 Å². The van der Waals surface area contributed by atoms with Gasteiger partial charge in [0.1, 0.15) is 5.02 Å². The van der Waals surface area contributed by atoms with Crippen molar-refractivity contribution in [1.29, 1.82) is 0 Å². The highest BCUT2D eigenvalue weighted by atomic mass is 35.5. The number of likely N-dealkylation sites (tertiary alicyclic amines) is 1. The van der Waals surface area contributed by atoms with Crippen molar-refractivity contribution in [2.24, 2.45) is 11.7 Å². The summed E-state index contributed by atoms with van der Waals surface area (Å²) in [5.41, 5.74) is 6.99. The van der Waals surface area contributed by atoms with E-state index in [1.807, 2.05) is 6.07 Å². The Hall–Kier alpha value is -1.17. The molecule has 1 heterocycles. The minimum Gasteiger partial charge on any atom is -0.327 e. The van der Waals surface area contributed by atoms with Gasteiger partial charge in [-0.25, -0.2) is 0 Å². The second kappa shape index (κ2) is 6.52. The average Bonchev–Trinajstić information content (AvgIpc) is 2.42. The number of nitrogens with two attached hydrogens (primary N) is 1. The summed E-state index contributed by atoms with van der Waals surface area (Å²) >= 11 is 5.83. The first-order chi connectivity index (χ1) is 9.51. The molecule has 110 valence electrons. The van der Waals surface area contributed by atoms with Crippen molar-refractivity contribution in [3.05, 3.63) is 38.9 Å². The van der Waals surface area contributed by atoms with Crippen molar-refractivity contribution in [2.45, 2.75) is 32.4 Å². The average molecular weight is 298 g/mol. The molecule has 20 heavy (non-hydrogen) atoms. The largest absolute Gasteiger partial charge is 0.327 e. The lowest BCUT2D eigenvalue weighted by molar-refractivity contribution is -0.384. The molecular formula is C14H20ClN3O2. The van der Waals surface area contributed by atoms with Crippen LogP contribution in [-0.4, -0.2) is 29.0 Å². The summed E-state index contributed by atoms with van der Waals surface area (Å²) in [5, 5.41) is 11.1. The summed E-state index contributed by atoms with van der Waals surface area (Å²) < 4.78 is 0. The highest BCUT2D eigenvalue weighted by Gasteiger charge is 2.25. The van der Waals surface area contributed by atoms with E-state index in [1.165, 1.54) is 0 Å². The Balaban J connectivity index is 2.07. The molecular weight excluding hydrogens is 278 g/mol. The second-order valence-electron chi connectivity index (χ2n) is 5.40. The first-order valence-corrected chi connectivity index (χ1v) is 7.29. The molecule has 0 spiro atoms. The SMILES string of the molecule is CCC1CN(Cc2ccc(Cl)c([N+](=O)[O-])c2)CCC1N. The number of nitro groups is 1. The first kappa shape index (κ1) is 15.2. The molecule has 0 amide bonds. The van der Waals surface area contributed by atoms with E-state index in [-0.39, 0.29) is 16.8 Å². The molecule has 2 N–H and O–H groups in total. The van der Waals surface area contributed by atoms with Crippen molar-refractivity contribution in [1.82, 2.24) is 4.90 Å². The van der Waals surface area contributed by atoms with Gasteiger partial charge in [-0.1, -0.05) is 31.0 Å². The number of halogens is 1. The van der Waals surface area contributed by atoms with Gasteiger partial charge in [-0.3, -0.25) is 15.0 Å². The number of hydrogen-bond donors (Lipinski definition) is 1. The number of nitrogens with zero attached hydrogens (tertiary/aromatic N) is 2. The van der Waals surface area contributed by atoms with Crippen molar-refractivity contribution >= 4 is 17.3 Å². The summed E-state index contributed by atoms with van der Waals surface area (Å²) in [6.45, 7) is 4.75. The van der Waals surface area contributed by atoms with Crippen LogP contribution in [0.3, 0.4) is 0 Å². The van der Waals surface area contributed by atoms with Crippen LogP contribution in [0, 0.1) is 16.0 Å². The molecule has 5 nitrogen and oxygen atoms in total. The Kier molecular flexibility index (Phi) is 4.96. The molecule has 2 rings (SSSR count). The molecule has 1 saturated heterocycles. The molecule has 1 aromatic rings. The van der Waals surface area contributed by atoms with Crippen LogP contribution in [0.5, 0.6) is 0 Å². The lowest BCUT2D eigenvalue weighted by Gasteiger charge is -2.36. The second-order valence-corrected chi connectivity index (χ2v) is 5.81. The minimum absolute atomic E-state index is 0.0232. The van der Waals surface area contributed by atoms with E-state index >= 15 is 0 Å². The Morgan fingerprint density at radius 2 is 2.30 bits per heavy atom. The molecule has 0 aromatic heterocycles. The maximum Gasteiger partial charge on any atom is 0.288 e. The summed E-state index contributed by atoms with van der Waals surface area (Å²) in [4.78, 5) is 12.8. The summed E-state index contributed by atoms with van der Waals surface area (Å²) in [7, 11) is 0. The molecule has 1 aliphatic rings. The maximum absolute atomic E-state index is 10.9. The third kappa shape index (κ3) is 3.48. The molecule has 1 aromatic carbocycles. The van der Waals surface area contributed by atoms with Gasteiger partial charge in [-0.05, 0) is 30.5 Å². The fourth-order valence-corrected chi connectivity index (χ4v) is 2.94. The quantitative estimate of drug-likeness (QED) is 0.685. The van der Waals surface area contributed by atoms with E-state index in [1.54, 1.807) is 12.1 Å². The van der Waals surface area contributed by atoms with Gasteiger partial charge in [0.15, 0.2) is 0 Å². The van der Waals surface area contributed by atoms with E-state index in [0.717, 1.165) is 31.5 Å². The van der Waals surface area contributed by atoms with Gasteiger partial charge < -0.3 is 5.73 Å². The highest BCUT2D eigenvalue weighted by molar-refractivity contribution is 6.32. The smallest absolute Gasteiger partial charge is 0.288 e. The molecule has 2 atom stereocenters. The Morgan fingerprint density at radius 3 is 2.95 bits per heavy atom. The van der Waals surface area contributed by atoms with Crippen LogP contribution < -0.4 is 5.73 Å². The van der Waals surface area contributed by atoms with Crippen LogP contribution in [0.2, 0.25) is 5.02 Å². The van der Waals surface area contributed by atoms with Crippen LogP contribution in [0.25, 0.3) is 0 Å². The zero-order chi connectivity index (χ0) is 14.7. The Morgan fingerprint density at radius 1 is 1.55 bits per heavy atom. The van der Waals surface area contributed by atoms with Crippen LogP contribution in [-0.2, 0) is 6.54 Å². The Bertz CT molecular complexity index is 495. The topological polar surface area (TPSA) is 72.4 Å². The lowest BCUT2D eigenvalue weighted by atomic mass is 9.90. The van der Waals surface area contributed by atoms with Gasteiger partial charge in [0.25, 0.3) is 5.69 Å².